The summed E-state index contributed by atoms with van der Waals surface area (Å²) in [5, 5.41) is 2.90. The lowest BCUT2D eigenvalue weighted by Crippen LogP contribution is -2.45. The molecule has 0 saturated heterocycles. The maximum absolute atomic E-state index is 11.9. The van der Waals surface area contributed by atoms with Crippen molar-refractivity contribution < 1.29 is 22.2 Å². The van der Waals surface area contributed by atoms with Gasteiger partial charge in [-0.25, -0.2) is 0 Å². The predicted molar refractivity (Wildman–Crippen MR) is 130 cm³/mol. The topological polar surface area (TPSA) is 83.5 Å². The first kappa shape index (κ1) is 30.1. The minimum Gasteiger partial charge on any atom is -0.356 e. The molecule has 0 aliphatic heterocycles. The van der Waals surface area contributed by atoms with Crippen LogP contribution in [0.15, 0.2) is 12.2 Å². The largest absolute Gasteiger partial charge is 0.356 e. The highest BCUT2D eigenvalue weighted by Crippen LogP contribution is 2.10. The summed E-state index contributed by atoms with van der Waals surface area (Å²) in [6.07, 6.45) is 22.1. The van der Waals surface area contributed by atoms with Gasteiger partial charge in [-0.05, 0) is 32.1 Å². The van der Waals surface area contributed by atoms with Crippen molar-refractivity contribution in [2.45, 2.75) is 103 Å². The molecule has 7 heteroatoms. The Labute approximate surface area is 192 Å². The fourth-order valence-corrected chi connectivity index (χ4v) is 4.70. The zero-order valence-electron chi connectivity index (χ0n) is 20.4. The molecule has 184 valence electrons. The van der Waals surface area contributed by atoms with Crippen LogP contribution in [0.1, 0.15) is 103 Å². The first-order chi connectivity index (χ1) is 14.7. The molecule has 0 spiro atoms. The SMILES string of the molecule is CCCCCCCCC=CCCCCCCCC(=O)NCCC[N+](C)(C)CS(=O)(=O)O. The fourth-order valence-electron chi connectivity index (χ4n) is 3.69. The van der Waals surface area contributed by atoms with Crippen LogP contribution in [0.3, 0.4) is 0 Å². The van der Waals surface area contributed by atoms with Crippen molar-refractivity contribution in [1.29, 1.82) is 0 Å². The maximum atomic E-state index is 11.9. The lowest BCUT2D eigenvalue weighted by atomic mass is 10.1. The summed E-state index contributed by atoms with van der Waals surface area (Å²) in [7, 11) is -0.485. The molecular weight excluding hydrogens is 412 g/mol. The molecular formula is C24H49N2O4S+. The van der Waals surface area contributed by atoms with E-state index in [0.29, 0.717) is 25.9 Å². The lowest BCUT2D eigenvalue weighted by molar-refractivity contribution is -0.878. The monoisotopic (exact) mass is 461 g/mol. The number of unbranched alkanes of at least 4 members (excludes halogenated alkanes) is 11. The van der Waals surface area contributed by atoms with Gasteiger partial charge in [0.15, 0.2) is 0 Å². The van der Waals surface area contributed by atoms with E-state index in [9.17, 15) is 13.2 Å². The van der Waals surface area contributed by atoms with Crippen molar-refractivity contribution in [3.63, 3.8) is 0 Å². The molecule has 0 fully saturated rings. The minimum atomic E-state index is -3.99. The van der Waals surface area contributed by atoms with Crippen LogP contribution in [-0.2, 0) is 14.9 Å². The second-order valence-electron chi connectivity index (χ2n) is 9.41. The smallest absolute Gasteiger partial charge is 0.316 e. The average Bonchev–Trinajstić information content (AvgIpc) is 2.66. The van der Waals surface area contributed by atoms with E-state index in [2.05, 4.69) is 24.4 Å². The highest BCUT2D eigenvalue weighted by molar-refractivity contribution is 7.85. The van der Waals surface area contributed by atoms with Crippen LogP contribution >= 0.6 is 0 Å². The zero-order valence-corrected chi connectivity index (χ0v) is 21.2. The zero-order chi connectivity index (χ0) is 23.4. The van der Waals surface area contributed by atoms with Gasteiger partial charge in [-0.1, -0.05) is 70.4 Å². The minimum absolute atomic E-state index is 0.0673. The van der Waals surface area contributed by atoms with E-state index < -0.39 is 10.1 Å². The standard InChI is InChI=1S/C24H48N2O4S/c1-4-5-6-7-8-9-10-11-12-13-14-15-16-17-18-20-24(27)25-21-19-22-26(2,3)23-31(28,29)30/h11-12H,4-10,13-23H2,1-3H3,(H-,25,27,28,29,30)/p+1. The number of nitrogens with zero attached hydrogens (tertiary/aromatic N) is 1. The van der Waals surface area contributed by atoms with Gasteiger partial charge in [0, 0.05) is 19.4 Å². The average molecular weight is 462 g/mol. The molecule has 0 aliphatic rings. The van der Waals surface area contributed by atoms with Gasteiger partial charge in [0.1, 0.15) is 0 Å². The Kier molecular flexibility index (Phi) is 18.1. The summed E-state index contributed by atoms with van der Waals surface area (Å²) < 4.78 is 31.1. The van der Waals surface area contributed by atoms with E-state index in [-0.39, 0.29) is 16.3 Å². The maximum Gasteiger partial charge on any atom is 0.316 e. The van der Waals surface area contributed by atoms with Gasteiger partial charge in [0.2, 0.25) is 11.8 Å². The quantitative estimate of drug-likeness (QED) is 0.103. The second kappa shape index (κ2) is 18.6. The molecule has 0 atom stereocenters. The fraction of sp³-hybridized carbons (Fsp3) is 0.875. The lowest BCUT2D eigenvalue weighted by Gasteiger charge is -2.27. The highest BCUT2D eigenvalue weighted by Gasteiger charge is 2.22. The number of carbonyl (C=O) groups excluding carboxylic acids is 1. The summed E-state index contributed by atoms with van der Waals surface area (Å²) in [4.78, 5) is 11.9. The van der Waals surface area contributed by atoms with Gasteiger partial charge in [0.25, 0.3) is 0 Å². The van der Waals surface area contributed by atoms with Crippen molar-refractivity contribution in [2.75, 3.05) is 33.1 Å². The number of hydrogen-bond donors (Lipinski definition) is 2. The Morgan fingerprint density at radius 1 is 0.839 bits per heavy atom. The van der Waals surface area contributed by atoms with Gasteiger partial charge >= 0.3 is 10.1 Å². The van der Waals surface area contributed by atoms with Crippen LogP contribution < -0.4 is 5.32 Å². The van der Waals surface area contributed by atoms with Gasteiger partial charge in [0.05, 0.1) is 20.6 Å². The van der Waals surface area contributed by atoms with Crippen molar-refractivity contribution in [2.24, 2.45) is 0 Å². The Balaban J connectivity index is 3.46. The molecule has 0 radical (unpaired) electrons. The molecule has 0 aromatic heterocycles. The summed E-state index contributed by atoms with van der Waals surface area (Å²) in [6.45, 7) is 3.37. The Hall–Kier alpha value is -0.920. The third kappa shape index (κ3) is 23.6. The second-order valence-corrected chi connectivity index (χ2v) is 10.8. The molecule has 0 aliphatic carbocycles. The molecule has 31 heavy (non-hydrogen) atoms. The van der Waals surface area contributed by atoms with Gasteiger partial charge < -0.3 is 9.80 Å². The number of nitrogens with one attached hydrogen (secondary N) is 1. The molecule has 0 bridgehead atoms. The Morgan fingerprint density at radius 3 is 1.90 bits per heavy atom. The number of quaternary nitrogens is 1. The number of hydrogen-bond acceptors (Lipinski definition) is 3. The molecule has 0 heterocycles. The molecule has 0 unspecified atom stereocenters. The van der Waals surface area contributed by atoms with Crippen LogP contribution in [-0.4, -0.2) is 56.4 Å². The number of amides is 1. The molecule has 2 N–H and O–H groups in total. The van der Waals surface area contributed by atoms with E-state index in [4.69, 9.17) is 4.55 Å². The van der Waals surface area contributed by atoms with Crippen molar-refractivity contribution in [3.05, 3.63) is 12.2 Å². The first-order valence-electron chi connectivity index (χ1n) is 12.3. The van der Waals surface area contributed by atoms with Crippen LogP contribution in [0.4, 0.5) is 0 Å². The molecule has 0 saturated carbocycles. The molecule has 0 aromatic rings. The number of allylic oxidation sites excluding steroid dienone is 2. The van der Waals surface area contributed by atoms with Crippen LogP contribution in [0.5, 0.6) is 0 Å². The predicted octanol–water partition coefficient (Wildman–Crippen LogP) is 5.45. The summed E-state index contributed by atoms with van der Waals surface area (Å²) >= 11 is 0. The van der Waals surface area contributed by atoms with E-state index in [0.717, 1.165) is 12.8 Å². The normalized spacial score (nSPS) is 12.5. The van der Waals surface area contributed by atoms with Crippen LogP contribution in [0.25, 0.3) is 0 Å². The molecule has 1 amide bonds. The van der Waals surface area contributed by atoms with Crippen molar-refractivity contribution >= 4 is 16.0 Å². The van der Waals surface area contributed by atoms with E-state index in [1.807, 2.05) is 0 Å². The van der Waals surface area contributed by atoms with Gasteiger partial charge in [-0.2, -0.15) is 8.42 Å². The van der Waals surface area contributed by atoms with E-state index >= 15 is 0 Å². The highest BCUT2D eigenvalue weighted by atomic mass is 32.2. The summed E-state index contributed by atoms with van der Waals surface area (Å²) in [6, 6.07) is 0. The van der Waals surface area contributed by atoms with Crippen molar-refractivity contribution in [1.82, 2.24) is 5.32 Å². The van der Waals surface area contributed by atoms with Crippen LogP contribution in [0, 0.1) is 0 Å². The van der Waals surface area contributed by atoms with Gasteiger partial charge in [-0.15, -0.1) is 0 Å². The van der Waals surface area contributed by atoms with E-state index in [1.165, 1.54) is 70.6 Å². The number of rotatable bonds is 21. The molecule has 0 rings (SSSR count). The van der Waals surface area contributed by atoms with Gasteiger partial charge in [-0.3, -0.25) is 9.35 Å². The Bertz CT molecular complexity index is 574. The first-order valence-corrected chi connectivity index (χ1v) is 14.0. The van der Waals surface area contributed by atoms with Crippen LogP contribution in [0.2, 0.25) is 0 Å². The third-order valence-corrected chi connectivity index (χ3v) is 6.47. The summed E-state index contributed by atoms with van der Waals surface area (Å²) in [5.74, 6) is -0.242. The third-order valence-electron chi connectivity index (χ3n) is 5.44. The summed E-state index contributed by atoms with van der Waals surface area (Å²) in [5.41, 5.74) is 0. The number of carbonyl (C=O) groups is 1. The molecule has 0 aromatic carbocycles. The van der Waals surface area contributed by atoms with Crippen molar-refractivity contribution in [3.8, 4) is 0 Å². The Morgan fingerprint density at radius 2 is 1.35 bits per heavy atom. The molecule has 6 nitrogen and oxygen atoms in total. The van der Waals surface area contributed by atoms with E-state index in [1.54, 1.807) is 14.1 Å².